The molecule has 0 saturated heterocycles. The SMILES string of the molecule is [2H]c1c([2H])c([2H])c(-c2c([2H])c([2H])c(N(c3ccc(C)cc3)c3ccc(-c4cccc5oc6c7ccccc7ccc6c45)cc3)c([2H])c2[2H])c([2H])c1[2H]. The third-order valence-corrected chi connectivity index (χ3v) is 7.70. The molecule has 0 aliphatic rings. The molecule has 43 heavy (non-hydrogen) atoms. The first-order valence-electron chi connectivity index (χ1n) is 18.5. The number of benzene rings is 7. The molecule has 0 unspecified atom stereocenters. The molecule has 0 saturated carbocycles. The molecule has 0 atom stereocenters. The van der Waals surface area contributed by atoms with Gasteiger partial charge in [-0.3, -0.25) is 0 Å². The van der Waals surface area contributed by atoms with Crippen LogP contribution in [0.4, 0.5) is 17.1 Å². The van der Waals surface area contributed by atoms with Gasteiger partial charge in [-0.15, -0.1) is 0 Å². The van der Waals surface area contributed by atoms with Crippen LogP contribution in [0.5, 0.6) is 0 Å². The molecule has 0 aliphatic heterocycles. The maximum atomic E-state index is 9.17. The summed E-state index contributed by atoms with van der Waals surface area (Å²) >= 11 is 0. The van der Waals surface area contributed by atoms with Gasteiger partial charge in [0, 0.05) is 33.2 Å². The van der Waals surface area contributed by atoms with Gasteiger partial charge in [0.2, 0.25) is 0 Å². The lowest BCUT2D eigenvalue weighted by Crippen LogP contribution is -2.09. The highest BCUT2D eigenvalue weighted by Gasteiger charge is 2.16. The molecular formula is C41H29NO. The Morgan fingerprint density at radius 2 is 1.23 bits per heavy atom. The Kier molecular flexibility index (Phi) is 4.18. The summed E-state index contributed by atoms with van der Waals surface area (Å²) in [6, 6.07) is 28.4. The Balaban J connectivity index is 1.30. The van der Waals surface area contributed by atoms with E-state index in [0.717, 1.165) is 49.4 Å². The molecule has 1 aromatic heterocycles. The summed E-state index contributed by atoms with van der Waals surface area (Å²) in [4.78, 5) is 1.65. The molecule has 2 nitrogen and oxygen atoms in total. The quantitative estimate of drug-likeness (QED) is 0.208. The molecule has 0 spiro atoms. The number of fused-ring (bicyclic) bond motifs is 5. The van der Waals surface area contributed by atoms with Crippen LogP contribution in [0.25, 0.3) is 55.0 Å². The van der Waals surface area contributed by atoms with E-state index in [1.807, 2.05) is 85.8 Å². The van der Waals surface area contributed by atoms with Crippen molar-refractivity contribution >= 4 is 49.8 Å². The van der Waals surface area contributed by atoms with Gasteiger partial charge in [-0.05, 0) is 83.0 Å². The van der Waals surface area contributed by atoms with Crippen LogP contribution in [0, 0.1) is 6.92 Å². The van der Waals surface area contributed by atoms with Crippen LogP contribution < -0.4 is 4.90 Å². The number of hydrogen-bond donors (Lipinski definition) is 0. The topological polar surface area (TPSA) is 16.4 Å². The predicted octanol–water partition coefficient (Wildman–Crippen LogP) is 11.9. The van der Waals surface area contributed by atoms with Crippen LogP contribution in [0.2, 0.25) is 0 Å². The number of hydrogen-bond acceptors (Lipinski definition) is 2. The normalized spacial score (nSPS) is 14.3. The van der Waals surface area contributed by atoms with Crippen LogP contribution in [-0.4, -0.2) is 0 Å². The summed E-state index contributed by atoms with van der Waals surface area (Å²) in [5.74, 6) is 0. The zero-order valence-corrected chi connectivity index (χ0v) is 23.2. The van der Waals surface area contributed by atoms with Crippen molar-refractivity contribution in [3.05, 3.63) is 163 Å². The van der Waals surface area contributed by atoms with E-state index >= 15 is 0 Å². The second kappa shape index (κ2) is 10.3. The lowest BCUT2D eigenvalue weighted by molar-refractivity contribution is 0.673. The Morgan fingerprint density at radius 1 is 0.535 bits per heavy atom. The van der Waals surface area contributed by atoms with Gasteiger partial charge in [0.25, 0.3) is 0 Å². The van der Waals surface area contributed by atoms with Crippen molar-refractivity contribution in [2.24, 2.45) is 0 Å². The van der Waals surface area contributed by atoms with E-state index in [0.29, 0.717) is 11.4 Å². The smallest absolute Gasteiger partial charge is 0.143 e. The van der Waals surface area contributed by atoms with Crippen LogP contribution in [0.15, 0.2) is 162 Å². The van der Waals surface area contributed by atoms with Crippen molar-refractivity contribution in [1.29, 1.82) is 0 Å². The molecule has 0 aliphatic carbocycles. The van der Waals surface area contributed by atoms with E-state index in [2.05, 4.69) is 24.3 Å². The molecule has 0 radical (unpaired) electrons. The second-order valence-electron chi connectivity index (χ2n) is 10.4. The van der Waals surface area contributed by atoms with Crippen molar-refractivity contribution in [2.75, 3.05) is 4.90 Å². The number of anilines is 3. The molecule has 8 rings (SSSR count). The van der Waals surface area contributed by atoms with Gasteiger partial charge in [0.15, 0.2) is 0 Å². The first kappa shape index (κ1) is 17.4. The largest absolute Gasteiger partial charge is 0.455 e. The molecule has 204 valence electrons. The molecule has 1 heterocycles. The number of furan rings is 1. The Bertz CT molecular complexity index is 2680. The van der Waals surface area contributed by atoms with Gasteiger partial charge < -0.3 is 9.32 Å². The molecule has 0 bridgehead atoms. The van der Waals surface area contributed by atoms with Crippen LogP contribution >= 0.6 is 0 Å². The van der Waals surface area contributed by atoms with Crippen LogP contribution in [0.1, 0.15) is 17.9 Å². The van der Waals surface area contributed by atoms with E-state index in [4.69, 9.17) is 14.0 Å². The highest BCUT2D eigenvalue weighted by atomic mass is 16.3. The van der Waals surface area contributed by atoms with Crippen LogP contribution in [-0.2, 0) is 0 Å². The molecule has 7 aromatic carbocycles. The minimum Gasteiger partial charge on any atom is -0.455 e. The number of rotatable bonds is 5. The lowest BCUT2D eigenvalue weighted by atomic mass is 9.98. The van der Waals surface area contributed by atoms with Crippen molar-refractivity contribution in [3.63, 3.8) is 0 Å². The van der Waals surface area contributed by atoms with E-state index < -0.39 is 54.4 Å². The standard InChI is InChI=1S/C41H29NO/c1-28-14-21-33(22-15-28)42(34-23-16-30(17-24-34)29-8-3-2-4-9-29)35-25-18-32(19-26-35)36-12-7-13-39-40(36)38-27-20-31-10-5-6-11-37(31)41(38)43-39/h2-27H,1H3/i2D,3D,4D,8D,9D,16D,17D,23D,24D. The summed E-state index contributed by atoms with van der Waals surface area (Å²) in [5, 5.41) is 4.10. The minimum atomic E-state index is -0.620. The Morgan fingerprint density at radius 3 is 2.00 bits per heavy atom. The fourth-order valence-electron chi connectivity index (χ4n) is 5.60. The van der Waals surface area contributed by atoms with Gasteiger partial charge in [-0.1, -0.05) is 115 Å². The van der Waals surface area contributed by atoms with Crippen molar-refractivity contribution in [1.82, 2.24) is 0 Å². The van der Waals surface area contributed by atoms with Gasteiger partial charge in [0.05, 0.1) is 12.3 Å². The highest BCUT2D eigenvalue weighted by molar-refractivity contribution is 6.19. The fraction of sp³-hybridized carbons (Fsp3) is 0.0244. The number of aryl methyl sites for hydroxylation is 1. The van der Waals surface area contributed by atoms with E-state index in [9.17, 15) is 2.74 Å². The van der Waals surface area contributed by atoms with Crippen LogP contribution in [0.3, 0.4) is 0 Å². The first-order chi connectivity index (χ1) is 25.0. The summed E-state index contributed by atoms with van der Waals surface area (Å²) in [6.45, 7) is 1.94. The van der Waals surface area contributed by atoms with E-state index in [-0.39, 0.29) is 16.8 Å². The first-order valence-corrected chi connectivity index (χ1v) is 14.0. The second-order valence-corrected chi connectivity index (χ2v) is 10.4. The third-order valence-electron chi connectivity index (χ3n) is 7.70. The molecule has 0 fully saturated rings. The minimum absolute atomic E-state index is 0.0440. The highest BCUT2D eigenvalue weighted by Crippen LogP contribution is 2.41. The van der Waals surface area contributed by atoms with E-state index in [1.54, 1.807) is 4.90 Å². The molecule has 2 heteroatoms. The maximum absolute atomic E-state index is 9.17. The zero-order chi connectivity index (χ0) is 36.6. The summed E-state index contributed by atoms with van der Waals surface area (Å²) < 4.78 is 84.0. The third kappa shape index (κ3) is 4.45. The zero-order valence-electron chi connectivity index (χ0n) is 32.2. The van der Waals surface area contributed by atoms with Gasteiger partial charge >= 0.3 is 0 Å². The summed E-state index contributed by atoms with van der Waals surface area (Å²) in [7, 11) is 0. The maximum Gasteiger partial charge on any atom is 0.143 e. The number of nitrogens with zero attached hydrogens (tertiary/aromatic N) is 1. The molecule has 0 N–H and O–H groups in total. The average molecular weight is 561 g/mol. The lowest BCUT2D eigenvalue weighted by Gasteiger charge is -2.26. The molecular weight excluding hydrogens is 522 g/mol. The van der Waals surface area contributed by atoms with Crippen molar-refractivity contribution < 1.29 is 16.8 Å². The van der Waals surface area contributed by atoms with Gasteiger partial charge in [-0.2, -0.15) is 0 Å². The van der Waals surface area contributed by atoms with Gasteiger partial charge in [0.1, 0.15) is 11.2 Å². The Hall–Kier alpha value is -5.60. The van der Waals surface area contributed by atoms with Crippen molar-refractivity contribution in [3.8, 4) is 22.3 Å². The fourth-order valence-corrected chi connectivity index (χ4v) is 5.60. The van der Waals surface area contributed by atoms with Crippen molar-refractivity contribution in [2.45, 2.75) is 6.92 Å². The average Bonchev–Trinajstić information content (AvgIpc) is 3.56. The predicted molar refractivity (Wildman–Crippen MR) is 182 cm³/mol. The summed E-state index contributed by atoms with van der Waals surface area (Å²) in [6.07, 6.45) is 0. The Labute approximate surface area is 263 Å². The monoisotopic (exact) mass is 560 g/mol. The van der Waals surface area contributed by atoms with Gasteiger partial charge in [-0.25, -0.2) is 0 Å². The van der Waals surface area contributed by atoms with E-state index in [1.165, 1.54) is 0 Å². The summed E-state index contributed by atoms with van der Waals surface area (Å²) in [5.41, 5.74) is 4.81. The molecule has 8 aromatic rings. The molecule has 0 amide bonds.